The third kappa shape index (κ3) is 2.84. The highest BCUT2D eigenvalue weighted by atomic mass is 19.3. The molecule has 1 amide bonds. The van der Waals surface area contributed by atoms with Crippen molar-refractivity contribution < 1.29 is 13.6 Å². The predicted octanol–water partition coefficient (Wildman–Crippen LogP) is 2.16. The molecule has 5 heterocycles. The zero-order chi connectivity index (χ0) is 21.5. The molecule has 2 atom stereocenters. The van der Waals surface area contributed by atoms with E-state index in [-0.39, 0.29) is 18.7 Å². The maximum atomic E-state index is 13.5. The molecule has 8 nitrogen and oxygen atoms in total. The van der Waals surface area contributed by atoms with Crippen molar-refractivity contribution in [2.45, 2.75) is 24.7 Å². The van der Waals surface area contributed by atoms with E-state index < -0.39 is 18.4 Å². The Balaban J connectivity index is 1.36. The van der Waals surface area contributed by atoms with Gasteiger partial charge < -0.3 is 9.80 Å². The van der Waals surface area contributed by atoms with Crippen LogP contribution in [0.5, 0.6) is 0 Å². The van der Waals surface area contributed by atoms with Gasteiger partial charge >= 0.3 is 5.69 Å². The smallest absolute Gasteiger partial charge is 0.332 e. The number of aromatic nitrogens is 4. The molecule has 1 aliphatic carbocycles. The van der Waals surface area contributed by atoms with E-state index in [1.165, 1.54) is 20.2 Å². The Kier molecular flexibility index (Phi) is 3.64. The van der Waals surface area contributed by atoms with E-state index in [0.29, 0.717) is 23.0 Å². The number of hydrogen-bond acceptors (Lipinski definition) is 5. The fourth-order valence-corrected chi connectivity index (χ4v) is 4.80. The second-order valence-corrected chi connectivity index (χ2v) is 8.70. The van der Waals surface area contributed by atoms with Gasteiger partial charge in [0.1, 0.15) is 5.82 Å². The average molecular weight is 426 g/mol. The topological polar surface area (TPSA) is 75.7 Å². The van der Waals surface area contributed by atoms with Crippen molar-refractivity contribution in [2.75, 3.05) is 24.5 Å². The highest BCUT2D eigenvalue weighted by molar-refractivity contribution is 5.95. The number of fused-ring (bicyclic) bond motifs is 4. The van der Waals surface area contributed by atoms with Gasteiger partial charge in [-0.1, -0.05) is 0 Å². The molecule has 1 saturated carbocycles. The summed E-state index contributed by atoms with van der Waals surface area (Å²) in [7, 11) is 1.61. The Bertz CT molecular complexity index is 1300. The van der Waals surface area contributed by atoms with Crippen LogP contribution < -0.4 is 10.6 Å². The molecule has 1 saturated heterocycles. The van der Waals surface area contributed by atoms with E-state index in [1.807, 2.05) is 18.2 Å². The van der Waals surface area contributed by atoms with Gasteiger partial charge in [-0.15, -0.1) is 0 Å². The number of carbonyl (C=O) groups excluding carboxylic acids is 1. The lowest BCUT2D eigenvalue weighted by atomic mass is 10.0. The van der Waals surface area contributed by atoms with Crippen molar-refractivity contribution in [2.24, 2.45) is 13.0 Å². The van der Waals surface area contributed by atoms with Gasteiger partial charge in [0, 0.05) is 50.7 Å². The molecule has 31 heavy (non-hydrogen) atoms. The number of amides is 1. The molecule has 3 aromatic rings. The fourth-order valence-electron chi connectivity index (χ4n) is 4.80. The molecule has 3 aliphatic rings. The van der Waals surface area contributed by atoms with Gasteiger partial charge in [0.05, 0.1) is 12.1 Å². The zero-order valence-corrected chi connectivity index (χ0v) is 16.8. The van der Waals surface area contributed by atoms with Gasteiger partial charge in [-0.25, -0.2) is 23.2 Å². The molecule has 0 spiro atoms. The Morgan fingerprint density at radius 1 is 1.29 bits per heavy atom. The van der Waals surface area contributed by atoms with E-state index in [0.717, 1.165) is 30.0 Å². The van der Waals surface area contributed by atoms with Gasteiger partial charge in [0.2, 0.25) is 0 Å². The second-order valence-electron chi connectivity index (χ2n) is 8.70. The van der Waals surface area contributed by atoms with Crippen molar-refractivity contribution >= 4 is 23.1 Å². The lowest BCUT2D eigenvalue weighted by Gasteiger charge is -2.30. The number of pyridine rings is 2. The molecule has 2 fully saturated rings. The van der Waals surface area contributed by atoms with E-state index in [4.69, 9.17) is 0 Å². The molecule has 10 heteroatoms. The van der Waals surface area contributed by atoms with Crippen molar-refractivity contribution in [3.05, 3.63) is 52.2 Å². The molecular formula is C21H20F2N6O2. The third-order valence-corrected chi connectivity index (χ3v) is 6.56. The number of halogens is 2. The van der Waals surface area contributed by atoms with Gasteiger partial charge in [-0.05, 0) is 36.0 Å². The van der Waals surface area contributed by atoms with Crippen LogP contribution in [0.25, 0.3) is 5.65 Å². The minimum Gasteiger partial charge on any atom is -0.332 e. The van der Waals surface area contributed by atoms with Gasteiger partial charge in [0.15, 0.2) is 5.65 Å². The van der Waals surface area contributed by atoms with Crippen molar-refractivity contribution in [3.63, 3.8) is 0 Å². The van der Waals surface area contributed by atoms with Crippen LogP contribution in [0.2, 0.25) is 0 Å². The second kappa shape index (κ2) is 6.12. The van der Waals surface area contributed by atoms with Gasteiger partial charge in [0.25, 0.3) is 11.8 Å². The van der Waals surface area contributed by atoms with E-state index >= 15 is 0 Å². The van der Waals surface area contributed by atoms with Gasteiger partial charge in [-0.3, -0.25) is 9.20 Å². The molecule has 0 N–H and O–H groups in total. The largest absolute Gasteiger partial charge is 0.350 e. The molecule has 160 valence electrons. The minimum absolute atomic E-state index is 0.0601. The Labute approximate surface area is 175 Å². The minimum atomic E-state index is -2.82. The molecule has 3 aromatic heterocycles. The number of hydrogen-bond donors (Lipinski definition) is 0. The zero-order valence-electron chi connectivity index (χ0n) is 16.8. The average Bonchev–Trinajstić information content (AvgIpc) is 3.38. The monoisotopic (exact) mass is 426 g/mol. The predicted molar refractivity (Wildman–Crippen MR) is 108 cm³/mol. The highest BCUT2D eigenvalue weighted by Crippen LogP contribution is 2.55. The molecule has 0 aromatic carbocycles. The normalized spacial score (nSPS) is 23.7. The van der Waals surface area contributed by atoms with Crippen LogP contribution in [0.4, 0.5) is 20.3 Å². The number of likely N-dealkylation sites (tertiary alicyclic amines) is 1. The maximum Gasteiger partial charge on any atom is 0.350 e. The highest BCUT2D eigenvalue weighted by Gasteiger charge is 2.47. The fraction of sp³-hybridized carbons (Fsp3) is 0.429. The number of aryl methyl sites for hydroxylation is 1. The standard InChI is InChI=1S/C21H20F2N6O2/c1-26-20(31)28-4-2-14(8-17(28)25-26)29-10-13-7-15(13)16-6-12(9-24-18(16)29)19(30)27-5-3-21(22,23)11-27/h2,4,6,8-9,13,15H,3,5,7,10-11H2,1H3. The molecule has 2 unspecified atom stereocenters. The summed E-state index contributed by atoms with van der Waals surface area (Å²) in [5.74, 6) is -1.65. The molecule has 6 rings (SSSR count). The van der Waals surface area contributed by atoms with Gasteiger partial charge in [-0.2, -0.15) is 5.10 Å². The SMILES string of the molecule is Cn1nc2cc(N3CC4CC4c4cc(C(=O)N5CCC(F)(F)C5)cnc43)ccn2c1=O. The number of nitrogens with zero attached hydrogens (tertiary/aromatic N) is 6. The molecule has 0 radical (unpaired) electrons. The summed E-state index contributed by atoms with van der Waals surface area (Å²) in [6.45, 7) is 0.318. The Morgan fingerprint density at radius 2 is 2.13 bits per heavy atom. The molecule has 2 aliphatic heterocycles. The number of alkyl halides is 2. The first kappa shape index (κ1) is 18.5. The quantitative estimate of drug-likeness (QED) is 0.628. The van der Waals surface area contributed by atoms with E-state index in [9.17, 15) is 18.4 Å². The van der Waals surface area contributed by atoms with Crippen LogP contribution in [0.3, 0.4) is 0 Å². The lowest BCUT2D eigenvalue weighted by molar-refractivity contribution is 0.0120. The number of carbonyl (C=O) groups is 1. The molecule has 0 bridgehead atoms. The summed E-state index contributed by atoms with van der Waals surface area (Å²) in [4.78, 5) is 32.7. The van der Waals surface area contributed by atoms with Crippen molar-refractivity contribution in [1.82, 2.24) is 24.1 Å². The Morgan fingerprint density at radius 3 is 2.90 bits per heavy atom. The van der Waals surface area contributed by atoms with Crippen LogP contribution in [-0.4, -0.2) is 55.5 Å². The van der Waals surface area contributed by atoms with Crippen LogP contribution in [0.15, 0.2) is 35.4 Å². The summed E-state index contributed by atoms with van der Waals surface area (Å²) in [5.41, 5.74) is 2.54. The third-order valence-electron chi connectivity index (χ3n) is 6.56. The summed E-state index contributed by atoms with van der Waals surface area (Å²) in [5, 5.41) is 4.26. The van der Waals surface area contributed by atoms with Crippen molar-refractivity contribution in [3.8, 4) is 0 Å². The maximum absolute atomic E-state index is 13.5. The number of rotatable bonds is 2. The van der Waals surface area contributed by atoms with Crippen LogP contribution >= 0.6 is 0 Å². The van der Waals surface area contributed by atoms with Crippen LogP contribution in [-0.2, 0) is 7.05 Å². The number of anilines is 2. The first-order valence-electron chi connectivity index (χ1n) is 10.3. The Hall–Kier alpha value is -3.30. The first-order chi connectivity index (χ1) is 14.8. The molecular weight excluding hydrogens is 406 g/mol. The van der Waals surface area contributed by atoms with Crippen LogP contribution in [0.1, 0.15) is 34.7 Å². The van der Waals surface area contributed by atoms with Crippen LogP contribution in [0, 0.1) is 5.92 Å². The van der Waals surface area contributed by atoms with E-state index in [2.05, 4.69) is 15.0 Å². The summed E-state index contributed by atoms with van der Waals surface area (Å²) in [6.07, 6.45) is 3.89. The summed E-state index contributed by atoms with van der Waals surface area (Å²) in [6, 6.07) is 5.53. The summed E-state index contributed by atoms with van der Waals surface area (Å²) >= 11 is 0. The van der Waals surface area contributed by atoms with Crippen molar-refractivity contribution in [1.29, 1.82) is 0 Å². The summed E-state index contributed by atoms with van der Waals surface area (Å²) < 4.78 is 29.9. The lowest BCUT2D eigenvalue weighted by Crippen LogP contribution is -2.32. The first-order valence-corrected chi connectivity index (χ1v) is 10.3. The van der Waals surface area contributed by atoms with E-state index in [1.54, 1.807) is 13.2 Å².